The maximum Gasteiger partial charge on any atom is 0.365 e. The molecule has 4 heteroatoms. The fourth-order valence-corrected chi connectivity index (χ4v) is 0.118. The average molecular weight is 115 g/mol. The zero-order chi connectivity index (χ0) is 6.57. The third kappa shape index (κ3) is 1.92. The smallest absolute Gasteiger partial charge is 0.365 e. The third-order valence-corrected chi connectivity index (χ3v) is 0.396. The molecule has 0 aliphatic heterocycles. The summed E-state index contributed by atoms with van der Waals surface area (Å²) < 4.78 is 11.6. The van der Waals surface area contributed by atoms with Crippen molar-refractivity contribution in [3.63, 3.8) is 0 Å². The van der Waals surface area contributed by atoms with Crippen LogP contribution in [0.1, 0.15) is 0 Å². The van der Waals surface area contributed by atoms with Gasteiger partial charge in [-0.25, -0.2) is 4.79 Å². The van der Waals surface area contributed by atoms with Gasteiger partial charge in [-0.2, -0.15) is 9.65 Å². The van der Waals surface area contributed by atoms with Gasteiger partial charge in [0.25, 0.3) is 0 Å². The predicted molar refractivity (Wildman–Crippen MR) is 22.4 cm³/mol. The average Bonchev–Trinajstić information content (AvgIpc) is 1.67. The number of nitriles is 1. The normalized spacial score (nSPS) is 10.2. The number of hydrogen-bond donors (Lipinski definition) is 1. The second-order valence-electron chi connectivity index (χ2n) is 0.927. The predicted octanol–water partition coefficient (Wildman–Crippen LogP) is 0.448. The molecule has 0 aromatic carbocycles. The van der Waals surface area contributed by atoms with Gasteiger partial charge in [0.1, 0.15) is 0 Å². The number of aliphatic carboxylic acids is 1. The Balaban J connectivity index is 4.06. The van der Waals surface area contributed by atoms with Gasteiger partial charge < -0.3 is 5.11 Å². The molecule has 0 atom stereocenters. The molecule has 8 heavy (non-hydrogen) atoms. The van der Waals surface area contributed by atoms with Crippen molar-refractivity contribution in [1.82, 2.24) is 0 Å². The Hall–Kier alpha value is -1.37. The van der Waals surface area contributed by atoms with Crippen molar-refractivity contribution in [2.75, 3.05) is 0 Å². The number of carboxylic acids is 1. The molecule has 0 heterocycles. The first kappa shape index (κ1) is 6.63. The van der Waals surface area contributed by atoms with E-state index in [1.807, 2.05) is 0 Å². The molecule has 0 bridgehead atoms. The van der Waals surface area contributed by atoms with Gasteiger partial charge in [0.2, 0.25) is 5.83 Å². The summed E-state index contributed by atoms with van der Waals surface area (Å²) in [5.41, 5.74) is 0. The second-order valence-corrected chi connectivity index (χ2v) is 0.927. The molecule has 0 aromatic heterocycles. The van der Waals surface area contributed by atoms with E-state index < -0.39 is 11.8 Å². The van der Waals surface area contributed by atoms with Crippen LogP contribution in [0.25, 0.3) is 0 Å². The fraction of sp³-hybridized carbons (Fsp3) is 0. The van der Waals surface area contributed by atoms with Crippen molar-refractivity contribution < 1.29 is 14.3 Å². The highest BCUT2D eigenvalue weighted by Crippen LogP contribution is 1.92. The Morgan fingerprint density at radius 1 is 1.88 bits per heavy atom. The minimum Gasteiger partial charge on any atom is -0.476 e. The van der Waals surface area contributed by atoms with E-state index >= 15 is 0 Å². The highest BCUT2D eigenvalue weighted by atomic mass is 19.1. The van der Waals surface area contributed by atoms with E-state index in [2.05, 4.69) is 0 Å². The first-order valence-electron chi connectivity index (χ1n) is 1.67. The van der Waals surface area contributed by atoms with Crippen molar-refractivity contribution in [2.24, 2.45) is 0 Å². The monoisotopic (exact) mass is 115 g/mol. The van der Waals surface area contributed by atoms with Crippen molar-refractivity contribution in [3.05, 3.63) is 11.9 Å². The number of halogens is 1. The molecule has 0 spiro atoms. The highest BCUT2D eigenvalue weighted by Gasteiger charge is 2.01. The molecule has 1 N–H and O–H groups in total. The molecule has 0 radical (unpaired) electrons. The first-order chi connectivity index (χ1) is 3.68. The van der Waals surface area contributed by atoms with Crippen molar-refractivity contribution in [2.45, 2.75) is 0 Å². The number of carboxylic acid groups (broad SMARTS) is 1. The molecular formula is C4H2FNO2. The van der Waals surface area contributed by atoms with Crippen LogP contribution in [0.15, 0.2) is 11.9 Å². The molecule has 42 valence electrons. The number of hydrogen-bond acceptors (Lipinski definition) is 2. The minimum atomic E-state index is -1.72. The zero-order valence-electron chi connectivity index (χ0n) is 3.76. The highest BCUT2D eigenvalue weighted by molar-refractivity contribution is 5.84. The quantitative estimate of drug-likeness (QED) is 0.398. The Labute approximate surface area is 44.7 Å². The number of allylic oxidation sites excluding steroid dienone is 1. The van der Waals surface area contributed by atoms with Crippen molar-refractivity contribution in [1.29, 1.82) is 5.26 Å². The Bertz CT molecular complexity index is 167. The SMILES string of the molecule is N#CC=C(F)C(=O)O. The molecule has 0 amide bonds. The van der Waals surface area contributed by atoms with Crippen LogP contribution in [0, 0.1) is 11.3 Å². The lowest BCUT2D eigenvalue weighted by Crippen LogP contribution is -1.93. The topological polar surface area (TPSA) is 61.1 Å². The van der Waals surface area contributed by atoms with Gasteiger partial charge in [-0.15, -0.1) is 0 Å². The molecular weight excluding hydrogens is 113 g/mol. The van der Waals surface area contributed by atoms with Gasteiger partial charge in [0, 0.05) is 0 Å². The Morgan fingerprint density at radius 2 is 2.38 bits per heavy atom. The van der Waals surface area contributed by atoms with E-state index in [0.29, 0.717) is 6.08 Å². The van der Waals surface area contributed by atoms with Crippen LogP contribution in [-0.2, 0) is 4.79 Å². The zero-order valence-corrected chi connectivity index (χ0v) is 3.76. The molecule has 0 fully saturated rings. The summed E-state index contributed by atoms with van der Waals surface area (Å²) in [5, 5.41) is 15.4. The van der Waals surface area contributed by atoms with Crippen molar-refractivity contribution >= 4 is 5.97 Å². The van der Waals surface area contributed by atoms with E-state index in [1.54, 1.807) is 0 Å². The van der Waals surface area contributed by atoms with Crippen LogP contribution in [0.2, 0.25) is 0 Å². The standard InChI is InChI=1S/C4H2FNO2/c5-3(1-2-6)4(7)8/h1H,(H,7,8). The van der Waals surface area contributed by atoms with E-state index in [0.717, 1.165) is 0 Å². The summed E-state index contributed by atoms with van der Waals surface area (Å²) in [4.78, 5) is 9.49. The maximum atomic E-state index is 11.6. The van der Waals surface area contributed by atoms with E-state index in [4.69, 9.17) is 10.4 Å². The first-order valence-corrected chi connectivity index (χ1v) is 1.67. The second kappa shape index (κ2) is 2.75. The summed E-state index contributed by atoms with van der Waals surface area (Å²) in [7, 11) is 0. The lowest BCUT2D eigenvalue weighted by Gasteiger charge is -1.78. The van der Waals surface area contributed by atoms with Gasteiger partial charge in [0.15, 0.2) is 0 Å². The molecule has 0 rings (SSSR count). The lowest BCUT2D eigenvalue weighted by atomic mass is 10.5. The van der Waals surface area contributed by atoms with Crippen LogP contribution in [-0.4, -0.2) is 11.1 Å². The Morgan fingerprint density at radius 3 is 2.50 bits per heavy atom. The minimum absolute atomic E-state index is 0.322. The van der Waals surface area contributed by atoms with Crippen molar-refractivity contribution in [3.8, 4) is 6.07 Å². The Kier molecular flexibility index (Phi) is 2.28. The van der Waals surface area contributed by atoms with E-state index in [9.17, 15) is 9.18 Å². The summed E-state index contributed by atoms with van der Waals surface area (Å²) in [6.07, 6.45) is 0.322. The summed E-state index contributed by atoms with van der Waals surface area (Å²) in [5.74, 6) is -3.15. The lowest BCUT2D eigenvalue weighted by molar-refractivity contribution is -0.134. The van der Waals surface area contributed by atoms with Gasteiger partial charge in [0.05, 0.1) is 12.1 Å². The van der Waals surface area contributed by atoms with E-state index in [1.165, 1.54) is 6.07 Å². The molecule has 0 aliphatic rings. The number of rotatable bonds is 1. The molecule has 3 nitrogen and oxygen atoms in total. The molecule has 0 saturated heterocycles. The molecule has 0 aromatic rings. The van der Waals surface area contributed by atoms with Crippen LogP contribution in [0.4, 0.5) is 4.39 Å². The van der Waals surface area contributed by atoms with Crippen LogP contribution in [0.5, 0.6) is 0 Å². The molecule has 0 aliphatic carbocycles. The fourth-order valence-electron chi connectivity index (χ4n) is 0.118. The molecule has 0 saturated carbocycles. The van der Waals surface area contributed by atoms with Gasteiger partial charge in [-0.05, 0) is 0 Å². The summed E-state index contributed by atoms with van der Waals surface area (Å²) in [6.45, 7) is 0. The number of carbonyl (C=O) groups is 1. The third-order valence-electron chi connectivity index (χ3n) is 0.396. The van der Waals surface area contributed by atoms with Gasteiger partial charge in [-0.3, -0.25) is 0 Å². The maximum absolute atomic E-state index is 11.6. The van der Waals surface area contributed by atoms with Gasteiger partial charge in [-0.1, -0.05) is 0 Å². The van der Waals surface area contributed by atoms with Crippen LogP contribution in [0.3, 0.4) is 0 Å². The summed E-state index contributed by atoms with van der Waals surface area (Å²) in [6, 6.07) is 1.23. The molecule has 0 unspecified atom stereocenters. The number of nitrogens with zero attached hydrogens (tertiary/aromatic N) is 1. The summed E-state index contributed by atoms with van der Waals surface area (Å²) >= 11 is 0. The van der Waals surface area contributed by atoms with E-state index in [-0.39, 0.29) is 0 Å². The van der Waals surface area contributed by atoms with Gasteiger partial charge >= 0.3 is 5.97 Å². The van der Waals surface area contributed by atoms with Crippen LogP contribution < -0.4 is 0 Å². The van der Waals surface area contributed by atoms with Crippen LogP contribution >= 0.6 is 0 Å². The largest absolute Gasteiger partial charge is 0.476 e.